The topological polar surface area (TPSA) is 56.0 Å². The lowest BCUT2D eigenvalue weighted by Gasteiger charge is -2.27. The molecule has 1 aliphatic rings. The van der Waals surface area contributed by atoms with Crippen molar-refractivity contribution in [3.8, 4) is 6.07 Å². The molecule has 1 saturated carbocycles. The maximum Gasteiger partial charge on any atom is 0.0992 e. The van der Waals surface area contributed by atoms with Crippen LogP contribution in [0, 0.1) is 11.3 Å². The molecule has 0 atom stereocenters. The first-order chi connectivity index (χ1) is 9.11. The number of anilines is 1. The van der Waals surface area contributed by atoms with Gasteiger partial charge >= 0.3 is 0 Å². The third-order valence-corrected chi connectivity index (χ3v) is 4.14. The van der Waals surface area contributed by atoms with Gasteiger partial charge in [-0.15, -0.1) is 0 Å². The van der Waals surface area contributed by atoms with Crippen LogP contribution in [0.5, 0.6) is 0 Å². The Morgan fingerprint density at radius 1 is 1.21 bits per heavy atom. The third-order valence-electron chi connectivity index (χ3n) is 3.68. The summed E-state index contributed by atoms with van der Waals surface area (Å²) in [5.74, 6) is 0. The molecule has 0 bridgehead atoms. The standard InChI is InChI=1S/C15H19BrN2O/c16-13-7-12(10-17)8-14(9-13)18-11-15(19)5-3-1-2-4-6-15/h7-9,18-19H,1-6,11H2. The van der Waals surface area contributed by atoms with E-state index in [0.29, 0.717) is 12.1 Å². The van der Waals surface area contributed by atoms with Crippen molar-refractivity contribution in [3.05, 3.63) is 28.2 Å². The number of hydrogen-bond donors (Lipinski definition) is 2. The zero-order chi connectivity index (χ0) is 13.7. The molecule has 0 radical (unpaired) electrons. The Labute approximate surface area is 122 Å². The van der Waals surface area contributed by atoms with Gasteiger partial charge in [0.15, 0.2) is 0 Å². The second-order valence-electron chi connectivity index (χ2n) is 5.33. The van der Waals surface area contributed by atoms with Crippen LogP contribution in [0.4, 0.5) is 5.69 Å². The van der Waals surface area contributed by atoms with Crippen molar-refractivity contribution in [1.82, 2.24) is 0 Å². The minimum absolute atomic E-state index is 0.550. The lowest BCUT2D eigenvalue weighted by atomic mass is 9.94. The molecule has 4 heteroatoms. The molecule has 0 amide bonds. The number of nitrogens with one attached hydrogen (secondary N) is 1. The fourth-order valence-corrected chi connectivity index (χ4v) is 3.08. The Bertz CT molecular complexity index is 474. The van der Waals surface area contributed by atoms with E-state index in [9.17, 15) is 5.11 Å². The fourth-order valence-electron chi connectivity index (χ4n) is 2.59. The average molecular weight is 323 g/mol. The quantitative estimate of drug-likeness (QED) is 0.832. The molecule has 1 aromatic carbocycles. The molecule has 102 valence electrons. The van der Waals surface area contributed by atoms with E-state index in [1.807, 2.05) is 12.1 Å². The van der Waals surface area contributed by atoms with E-state index in [2.05, 4.69) is 27.3 Å². The van der Waals surface area contributed by atoms with Crippen molar-refractivity contribution in [2.75, 3.05) is 11.9 Å². The van der Waals surface area contributed by atoms with E-state index in [-0.39, 0.29) is 0 Å². The van der Waals surface area contributed by atoms with Crippen molar-refractivity contribution in [2.24, 2.45) is 0 Å². The van der Waals surface area contributed by atoms with Crippen molar-refractivity contribution in [2.45, 2.75) is 44.1 Å². The molecule has 0 aliphatic heterocycles. The Hall–Kier alpha value is -1.05. The maximum atomic E-state index is 10.6. The molecule has 0 spiro atoms. The van der Waals surface area contributed by atoms with Crippen LogP contribution in [-0.4, -0.2) is 17.3 Å². The smallest absolute Gasteiger partial charge is 0.0992 e. The van der Waals surface area contributed by atoms with Crippen LogP contribution in [0.25, 0.3) is 0 Å². The highest BCUT2D eigenvalue weighted by atomic mass is 79.9. The van der Waals surface area contributed by atoms with Gasteiger partial charge in [0.05, 0.1) is 17.2 Å². The van der Waals surface area contributed by atoms with Gasteiger partial charge < -0.3 is 10.4 Å². The van der Waals surface area contributed by atoms with E-state index in [1.165, 1.54) is 12.8 Å². The zero-order valence-electron chi connectivity index (χ0n) is 11.0. The Morgan fingerprint density at radius 3 is 2.53 bits per heavy atom. The Kier molecular flexibility index (Phi) is 4.84. The number of benzene rings is 1. The molecule has 0 heterocycles. The van der Waals surface area contributed by atoms with Crippen LogP contribution in [0.1, 0.15) is 44.1 Å². The zero-order valence-corrected chi connectivity index (χ0v) is 12.5. The van der Waals surface area contributed by atoms with Crippen molar-refractivity contribution >= 4 is 21.6 Å². The Morgan fingerprint density at radius 2 is 1.89 bits per heavy atom. The first kappa shape index (κ1) is 14.4. The molecule has 0 saturated heterocycles. The van der Waals surface area contributed by atoms with E-state index >= 15 is 0 Å². The van der Waals surface area contributed by atoms with Gasteiger partial charge in [-0.2, -0.15) is 5.26 Å². The van der Waals surface area contributed by atoms with Crippen LogP contribution >= 0.6 is 15.9 Å². The monoisotopic (exact) mass is 322 g/mol. The van der Waals surface area contributed by atoms with Gasteiger partial charge in [-0.05, 0) is 31.0 Å². The summed E-state index contributed by atoms with van der Waals surface area (Å²) in [7, 11) is 0. The molecule has 19 heavy (non-hydrogen) atoms. The lowest BCUT2D eigenvalue weighted by molar-refractivity contribution is 0.0381. The number of aliphatic hydroxyl groups is 1. The fraction of sp³-hybridized carbons (Fsp3) is 0.533. The molecular formula is C15H19BrN2O. The Balaban J connectivity index is 2.01. The summed E-state index contributed by atoms with van der Waals surface area (Å²) in [6.07, 6.45) is 6.36. The van der Waals surface area contributed by atoms with Crippen LogP contribution in [0.15, 0.2) is 22.7 Å². The number of nitriles is 1. The first-order valence-corrected chi connectivity index (χ1v) is 7.58. The van der Waals surface area contributed by atoms with Crippen molar-refractivity contribution in [1.29, 1.82) is 5.26 Å². The molecule has 0 aromatic heterocycles. The highest BCUT2D eigenvalue weighted by Gasteiger charge is 2.27. The van der Waals surface area contributed by atoms with Gasteiger partial charge in [-0.3, -0.25) is 0 Å². The van der Waals surface area contributed by atoms with Crippen LogP contribution in [-0.2, 0) is 0 Å². The second-order valence-corrected chi connectivity index (χ2v) is 6.25. The summed E-state index contributed by atoms with van der Waals surface area (Å²) in [6, 6.07) is 7.66. The SMILES string of the molecule is N#Cc1cc(Br)cc(NCC2(O)CCCCCC2)c1. The van der Waals surface area contributed by atoms with Gasteiger partial charge in [-0.25, -0.2) is 0 Å². The number of hydrogen-bond acceptors (Lipinski definition) is 3. The number of rotatable bonds is 3. The number of halogens is 1. The van der Waals surface area contributed by atoms with Gasteiger partial charge in [0, 0.05) is 16.7 Å². The van der Waals surface area contributed by atoms with Gasteiger partial charge in [0.2, 0.25) is 0 Å². The van der Waals surface area contributed by atoms with Crippen LogP contribution in [0.3, 0.4) is 0 Å². The highest BCUT2D eigenvalue weighted by Crippen LogP contribution is 2.28. The van der Waals surface area contributed by atoms with E-state index < -0.39 is 5.60 Å². The summed E-state index contributed by atoms with van der Waals surface area (Å²) in [6.45, 7) is 0.550. The average Bonchev–Trinajstić information content (AvgIpc) is 2.61. The predicted octanol–water partition coefficient (Wildman–Crippen LogP) is 3.82. The molecule has 1 aromatic rings. The predicted molar refractivity (Wildman–Crippen MR) is 80.0 cm³/mol. The van der Waals surface area contributed by atoms with Crippen molar-refractivity contribution < 1.29 is 5.11 Å². The molecular weight excluding hydrogens is 304 g/mol. The summed E-state index contributed by atoms with van der Waals surface area (Å²) >= 11 is 3.39. The van der Waals surface area contributed by atoms with Crippen LogP contribution < -0.4 is 5.32 Å². The van der Waals surface area contributed by atoms with Crippen LogP contribution in [0.2, 0.25) is 0 Å². The molecule has 2 N–H and O–H groups in total. The van der Waals surface area contributed by atoms with E-state index in [4.69, 9.17) is 5.26 Å². The number of nitrogens with zero attached hydrogens (tertiary/aromatic N) is 1. The summed E-state index contributed by atoms with van der Waals surface area (Å²) in [4.78, 5) is 0. The molecule has 0 unspecified atom stereocenters. The van der Waals surface area contributed by atoms with Gasteiger partial charge in [0.1, 0.15) is 0 Å². The lowest BCUT2D eigenvalue weighted by Crippen LogP contribution is -2.36. The maximum absolute atomic E-state index is 10.6. The normalized spacial score (nSPS) is 18.4. The first-order valence-electron chi connectivity index (χ1n) is 6.78. The van der Waals surface area contributed by atoms with Crippen molar-refractivity contribution in [3.63, 3.8) is 0 Å². The minimum atomic E-state index is -0.606. The van der Waals surface area contributed by atoms with Gasteiger partial charge in [-0.1, -0.05) is 41.6 Å². The summed E-state index contributed by atoms with van der Waals surface area (Å²) in [5, 5.41) is 22.8. The third kappa shape index (κ3) is 4.22. The second kappa shape index (κ2) is 6.40. The van der Waals surface area contributed by atoms with E-state index in [1.54, 1.807) is 6.07 Å². The largest absolute Gasteiger partial charge is 0.388 e. The molecule has 1 fully saturated rings. The van der Waals surface area contributed by atoms with Gasteiger partial charge in [0.25, 0.3) is 0 Å². The molecule has 1 aliphatic carbocycles. The van der Waals surface area contributed by atoms with E-state index in [0.717, 1.165) is 35.8 Å². The molecule has 3 nitrogen and oxygen atoms in total. The summed E-state index contributed by atoms with van der Waals surface area (Å²) < 4.78 is 0.877. The molecule has 2 rings (SSSR count). The summed E-state index contributed by atoms with van der Waals surface area (Å²) in [5.41, 5.74) is 0.888. The minimum Gasteiger partial charge on any atom is -0.388 e. The highest BCUT2D eigenvalue weighted by molar-refractivity contribution is 9.10.